The first-order valence-corrected chi connectivity index (χ1v) is 7.43. The van der Waals surface area contributed by atoms with Gasteiger partial charge in [0, 0.05) is 26.1 Å². The first-order valence-electron chi connectivity index (χ1n) is 7.43. The Bertz CT molecular complexity index is 240. The molecule has 1 aliphatic carbocycles. The van der Waals surface area contributed by atoms with Crippen LogP contribution in [-0.4, -0.2) is 31.3 Å². The van der Waals surface area contributed by atoms with Crippen LogP contribution in [0.3, 0.4) is 0 Å². The van der Waals surface area contributed by atoms with E-state index in [0.29, 0.717) is 12.5 Å². The molecule has 0 radical (unpaired) electrons. The largest absolute Gasteiger partial charge is 0.396 e. The van der Waals surface area contributed by atoms with Gasteiger partial charge < -0.3 is 14.3 Å². The molecule has 0 heterocycles. The van der Waals surface area contributed by atoms with E-state index in [0.717, 1.165) is 38.2 Å². The molecule has 0 unspecified atom stereocenters. The van der Waals surface area contributed by atoms with Gasteiger partial charge in [-0.1, -0.05) is 19.0 Å². The molecule has 114 valence electrons. The summed E-state index contributed by atoms with van der Waals surface area (Å²) in [4.78, 5) is 4.88. The predicted octanol–water partition coefficient (Wildman–Crippen LogP) is 3.99. The molecule has 0 amide bonds. The lowest BCUT2D eigenvalue weighted by Gasteiger charge is -2.13. The van der Waals surface area contributed by atoms with Crippen molar-refractivity contribution in [2.45, 2.75) is 66.6 Å². The van der Waals surface area contributed by atoms with Crippen molar-refractivity contribution in [3.63, 3.8) is 0 Å². The van der Waals surface area contributed by atoms with Crippen LogP contribution in [0, 0.1) is 5.92 Å². The summed E-state index contributed by atoms with van der Waals surface area (Å²) >= 11 is 0. The second-order valence-electron chi connectivity index (χ2n) is 5.12. The van der Waals surface area contributed by atoms with E-state index in [4.69, 9.17) is 14.3 Å². The SMILES string of the molecule is CCOC1(OCC)CC1.CCON=C(C)CC(C)C. The Labute approximate surface area is 118 Å². The van der Waals surface area contributed by atoms with Crippen LogP contribution in [0.2, 0.25) is 0 Å². The molecule has 4 heteroatoms. The smallest absolute Gasteiger partial charge is 0.168 e. The van der Waals surface area contributed by atoms with Crippen LogP contribution in [0.1, 0.15) is 60.8 Å². The number of ether oxygens (including phenoxy) is 2. The van der Waals surface area contributed by atoms with E-state index in [1.54, 1.807) is 0 Å². The molecule has 0 spiro atoms. The van der Waals surface area contributed by atoms with Crippen LogP contribution in [0.15, 0.2) is 5.16 Å². The van der Waals surface area contributed by atoms with Crippen molar-refractivity contribution in [1.82, 2.24) is 0 Å². The maximum Gasteiger partial charge on any atom is 0.168 e. The van der Waals surface area contributed by atoms with E-state index in [2.05, 4.69) is 19.0 Å². The molecule has 0 aromatic carbocycles. The summed E-state index contributed by atoms with van der Waals surface area (Å²) in [5, 5.41) is 3.90. The van der Waals surface area contributed by atoms with E-state index in [1.807, 2.05) is 27.7 Å². The lowest BCUT2D eigenvalue weighted by molar-refractivity contribution is -0.160. The van der Waals surface area contributed by atoms with E-state index < -0.39 is 0 Å². The number of oxime groups is 1. The van der Waals surface area contributed by atoms with E-state index in [-0.39, 0.29) is 5.79 Å². The molecule has 0 atom stereocenters. The lowest BCUT2D eigenvalue weighted by atomic mass is 10.1. The van der Waals surface area contributed by atoms with Gasteiger partial charge in [-0.05, 0) is 40.0 Å². The van der Waals surface area contributed by atoms with Crippen LogP contribution in [0.25, 0.3) is 0 Å². The zero-order valence-corrected chi connectivity index (χ0v) is 13.5. The first kappa shape index (κ1) is 18.4. The summed E-state index contributed by atoms with van der Waals surface area (Å²) < 4.78 is 10.7. The molecule has 0 aromatic rings. The highest BCUT2D eigenvalue weighted by molar-refractivity contribution is 5.81. The maximum absolute atomic E-state index is 5.36. The second kappa shape index (κ2) is 10.2. The maximum atomic E-state index is 5.36. The predicted molar refractivity (Wildman–Crippen MR) is 79.4 cm³/mol. The Kier molecular flexibility index (Phi) is 9.88. The first-order chi connectivity index (χ1) is 8.99. The molecular weight excluding hydrogens is 242 g/mol. The Morgan fingerprint density at radius 3 is 1.89 bits per heavy atom. The number of rotatable bonds is 8. The van der Waals surface area contributed by atoms with Crippen LogP contribution in [-0.2, 0) is 14.3 Å². The quantitative estimate of drug-likeness (QED) is 0.381. The van der Waals surface area contributed by atoms with Gasteiger partial charge in [0.1, 0.15) is 6.61 Å². The fourth-order valence-electron chi connectivity index (χ4n) is 1.76. The van der Waals surface area contributed by atoms with Gasteiger partial charge in [0.25, 0.3) is 0 Å². The molecule has 1 aliphatic rings. The third-order valence-corrected chi connectivity index (χ3v) is 2.53. The molecule has 0 bridgehead atoms. The highest BCUT2D eigenvalue weighted by Crippen LogP contribution is 2.40. The van der Waals surface area contributed by atoms with Gasteiger partial charge >= 0.3 is 0 Å². The monoisotopic (exact) mass is 273 g/mol. The molecule has 1 saturated carbocycles. The normalized spacial score (nSPS) is 16.9. The molecule has 0 N–H and O–H groups in total. The molecule has 0 aromatic heterocycles. The summed E-state index contributed by atoms with van der Waals surface area (Å²) in [6.07, 6.45) is 3.18. The van der Waals surface area contributed by atoms with Gasteiger partial charge in [-0.2, -0.15) is 0 Å². The van der Waals surface area contributed by atoms with Crippen LogP contribution in [0.5, 0.6) is 0 Å². The van der Waals surface area contributed by atoms with Crippen molar-refractivity contribution in [2.75, 3.05) is 19.8 Å². The van der Waals surface area contributed by atoms with Crippen LogP contribution < -0.4 is 0 Å². The van der Waals surface area contributed by atoms with Crippen molar-refractivity contribution in [3.8, 4) is 0 Å². The van der Waals surface area contributed by atoms with Crippen LogP contribution >= 0.6 is 0 Å². The Morgan fingerprint density at radius 2 is 1.58 bits per heavy atom. The number of hydrogen-bond donors (Lipinski definition) is 0. The summed E-state index contributed by atoms with van der Waals surface area (Å²) in [5.74, 6) is 0.521. The van der Waals surface area contributed by atoms with Crippen molar-refractivity contribution in [3.05, 3.63) is 0 Å². The fraction of sp³-hybridized carbons (Fsp3) is 0.933. The van der Waals surface area contributed by atoms with E-state index >= 15 is 0 Å². The van der Waals surface area contributed by atoms with Gasteiger partial charge in [0.15, 0.2) is 5.79 Å². The van der Waals surface area contributed by atoms with E-state index in [9.17, 15) is 0 Å². The zero-order valence-electron chi connectivity index (χ0n) is 13.5. The van der Waals surface area contributed by atoms with Crippen molar-refractivity contribution < 1.29 is 14.3 Å². The van der Waals surface area contributed by atoms with Gasteiger partial charge in [-0.25, -0.2) is 0 Å². The van der Waals surface area contributed by atoms with Crippen molar-refractivity contribution in [2.24, 2.45) is 11.1 Å². The van der Waals surface area contributed by atoms with Crippen LogP contribution in [0.4, 0.5) is 0 Å². The second-order valence-corrected chi connectivity index (χ2v) is 5.12. The van der Waals surface area contributed by atoms with Crippen molar-refractivity contribution in [1.29, 1.82) is 0 Å². The fourth-order valence-corrected chi connectivity index (χ4v) is 1.76. The average molecular weight is 273 g/mol. The third kappa shape index (κ3) is 9.91. The molecule has 0 aliphatic heterocycles. The highest BCUT2D eigenvalue weighted by atomic mass is 16.7. The minimum absolute atomic E-state index is 0.149. The van der Waals surface area contributed by atoms with Gasteiger partial charge in [-0.15, -0.1) is 0 Å². The van der Waals surface area contributed by atoms with Crippen molar-refractivity contribution >= 4 is 5.71 Å². The Morgan fingerprint density at radius 1 is 1.05 bits per heavy atom. The van der Waals surface area contributed by atoms with Gasteiger partial charge in [0.2, 0.25) is 0 Å². The minimum Gasteiger partial charge on any atom is -0.396 e. The van der Waals surface area contributed by atoms with E-state index in [1.165, 1.54) is 0 Å². The molecule has 19 heavy (non-hydrogen) atoms. The molecule has 1 rings (SSSR count). The zero-order chi connectivity index (χ0) is 14.7. The standard InChI is InChI=1S/C8H17NO.C7H14O2/c1-5-10-9-8(4)6-7(2)3;1-3-8-7(5-6-7)9-4-2/h7H,5-6H2,1-4H3;3-6H2,1-2H3. The summed E-state index contributed by atoms with van der Waals surface area (Å²) in [6.45, 7) is 14.5. The summed E-state index contributed by atoms with van der Waals surface area (Å²) in [5.41, 5.74) is 1.08. The Balaban J connectivity index is 0.000000342. The topological polar surface area (TPSA) is 40.0 Å². The molecule has 1 fully saturated rings. The molecule has 4 nitrogen and oxygen atoms in total. The summed E-state index contributed by atoms with van der Waals surface area (Å²) in [6, 6.07) is 0. The minimum atomic E-state index is -0.149. The third-order valence-electron chi connectivity index (χ3n) is 2.53. The lowest BCUT2D eigenvalue weighted by Crippen LogP contribution is -2.18. The highest BCUT2D eigenvalue weighted by Gasteiger charge is 2.44. The number of nitrogens with zero attached hydrogens (tertiary/aromatic N) is 1. The van der Waals surface area contributed by atoms with Gasteiger partial charge in [-0.3, -0.25) is 0 Å². The Hall–Kier alpha value is -0.610. The molecule has 0 saturated heterocycles. The average Bonchev–Trinajstić information content (AvgIpc) is 3.07. The number of hydrogen-bond acceptors (Lipinski definition) is 4. The summed E-state index contributed by atoms with van der Waals surface area (Å²) in [7, 11) is 0. The van der Waals surface area contributed by atoms with Gasteiger partial charge in [0.05, 0.1) is 5.71 Å². The molecular formula is C15H31NO3.